The van der Waals surface area contributed by atoms with E-state index in [4.69, 9.17) is 4.84 Å². The van der Waals surface area contributed by atoms with Crippen molar-refractivity contribution in [3.05, 3.63) is 94.4 Å². The number of aromatic carboxylic acids is 1. The molecule has 0 saturated heterocycles. The molecule has 0 atom stereocenters. The summed E-state index contributed by atoms with van der Waals surface area (Å²) in [5.41, 5.74) is 0.506. The van der Waals surface area contributed by atoms with Crippen molar-refractivity contribution in [2.75, 3.05) is 5.32 Å². The lowest BCUT2D eigenvalue weighted by Gasteiger charge is -2.16. The van der Waals surface area contributed by atoms with Crippen LogP contribution in [0.5, 0.6) is 0 Å². The lowest BCUT2D eigenvalue weighted by molar-refractivity contribution is 0.0678. The molecule has 4 rings (SSSR count). The van der Waals surface area contributed by atoms with Crippen molar-refractivity contribution >= 4 is 22.7 Å². The zero-order chi connectivity index (χ0) is 20.9. The fourth-order valence-electron chi connectivity index (χ4n) is 3.00. The number of carboxylic acids is 1. The average molecular weight is 403 g/mol. The Kier molecular flexibility index (Phi) is 5.33. The number of carbonyl (C=O) groups is 1. The van der Waals surface area contributed by atoms with Crippen LogP contribution in [0.3, 0.4) is 0 Å². The fourth-order valence-corrected chi connectivity index (χ4v) is 3.00. The molecule has 0 aliphatic rings. The molecule has 3 aromatic heterocycles. The number of hydrogen-bond acceptors (Lipinski definition) is 7. The average Bonchev–Trinajstić information content (AvgIpc) is 2.78. The summed E-state index contributed by atoms with van der Waals surface area (Å²) in [6.07, 6.45) is 4.34. The topological polar surface area (TPSA) is 119 Å². The third kappa shape index (κ3) is 3.81. The Labute approximate surface area is 170 Å². The summed E-state index contributed by atoms with van der Waals surface area (Å²) in [5, 5.41) is 13.1. The first-order valence-corrected chi connectivity index (χ1v) is 9.08. The van der Waals surface area contributed by atoms with Crippen LogP contribution < -0.4 is 15.7 Å². The summed E-state index contributed by atoms with van der Waals surface area (Å²) in [6, 6.07) is 14.6. The van der Waals surface area contributed by atoms with E-state index in [1.165, 1.54) is 12.5 Å². The zero-order valence-corrected chi connectivity index (χ0v) is 15.7. The minimum Gasteiger partial charge on any atom is -0.477 e. The van der Waals surface area contributed by atoms with Gasteiger partial charge in [-0.25, -0.2) is 14.8 Å². The number of hydrogen-bond donors (Lipinski definition) is 2. The van der Waals surface area contributed by atoms with E-state index < -0.39 is 17.1 Å². The number of fused-ring (bicyclic) bond motifs is 1. The number of pyridine rings is 2. The number of anilines is 1. The van der Waals surface area contributed by atoms with Gasteiger partial charge in [0.25, 0.3) is 0 Å². The van der Waals surface area contributed by atoms with Gasteiger partial charge in [-0.1, -0.05) is 36.4 Å². The third-order valence-corrected chi connectivity index (χ3v) is 4.39. The number of benzene rings is 1. The normalized spacial score (nSPS) is 10.7. The van der Waals surface area contributed by atoms with E-state index in [1.54, 1.807) is 18.3 Å². The fraction of sp³-hybridized carbons (Fsp3) is 0.0952. The first kappa shape index (κ1) is 19.1. The molecule has 0 spiro atoms. The molecule has 1 aromatic carbocycles. The molecule has 0 unspecified atom stereocenters. The summed E-state index contributed by atoms with van der Waals surface area (Å²) in [5.74, 6) is -1.38. The molecule has 0 aliphatic heterocycles. The summed E-state index contributed by atoms with van der Waals surface area (Å²) in [6.45, 7) is 0.291. The Hall–Kier alpha value is -4.27. The van der Waals surface area contributed by atoms with Crippen LogP contribution in [0.2, 0.25) is 0 Å². The number of rotatable bonds is 7. The standard InChI is InChI=1S/C21H17N5O4/c27-20-17(21(28)29)18(24-10-15-8-4-5-9-23-15)16-11-22-13-25-19(16)26(20)30-12-14-6-2-1-3-7-14/h1-9,11,13,24H,10,12H2,(H,28,29). The summed E-state index contributed by atoms with van der Waals surface area (Å²) in [7, 11) is 0. The molecule has 0 amide bonds. The molecule has 0 bridgehead atoms. The van der Waals surface area contributed by atoms with Gasteiger partial charge in [-0.2, -0.15) is 0 Å². The van der Waals surface area contributed by atoms with E-state index in [0.717, 1.165) is 10.3 Å². The van der Waals surface area contributed by atoms with E-state index >= 15 is 0 Å². The molecule has 30 heavy (non-hydrogen) atoms. The van der Waals surface area contributed by atoms with Gasteiger partial charge < -0.3 is 15.3 Å². The maximum absolute atomic E-state index is 13.0. The third-order valence-electron chi connectivity index (χ3n) is 4.39. The largest absolute Gasteiger partial charge is 0.477 e. The molecule has 9 nitrogen and oxygen atoms in total. The van der Waals surface area contributed by atoms with Gasteiger partial charge in [0.15, 0.2) is 11.2 Å². The zero-order valence-electron chi connectivity index (χ0n) is 15.7. The van der Waals surface area contributed by atoms with Crippen molar-refractivity contribution in [2.45, 2.75) is 13.2 Å². The summed E-state index contributed by atoms with van der Waals surface area (Å²) >= 11 is 0. The number of aromatic nitrogens is 4. The van der Waals surface area contributed by atoms with Gasteiger partial charge in [0.05, 0.1) is 23.3 Å². The first-order valence-electron chi connectivity index (χ1n) is 9.08. The van der Waals surface area contributed by atoms with Crippen molar-refractivity contribution < 1.29 is 14.7 Å². The van der Waals surface area contributed by atoms with Crippen LogP contribution in [0.25, 0.3) is 11.0 Å². The highest BCUT2D eigenvalue weighted by molar-refractivity contribution is 6.03. The number of nitrogens with zero attached hydrogens (tertiary/aromatic N) is 4. The van der Waals surface area contributed by atoms with Gasteiger partial charge in [0.1, 0.15) is 12.9 Å². The molecular weight excluding hydrogens is 386 g/mol. The Bertz CT molecular complexity index is 1240. The van der Waals surface area contributed by atoms with E-state index in [2.05, 4.69) is 20.3 Å². The number of carboxylic acid groups (broad SMARTS) is 1. The minimum absolute atomic E-state index is 0.0691. The SMILES string of the molecule is O=C(O)c1c(NCc2ccccn2)c2cncnc2n(OCc2ccccc2)c1=O. The molecular formula is C21H17N5O4. The van der Waals surface area contributed by atoms with Crippen LogP contribution in [0, 0.1) is 0 Å². The minimum atomic E-state index is -1.38. The second-order valence-electron chi connectivity index (χ2n) is 6.35. The highest BCUT2D eigenvalue weighted by Crippen LogP contribution is 2.24. The van der Waals surface area contributed by atoms with Crippen molar-refractivity contribution in [3.63, 3.8) is 0 Å². The van der Waals surface area contributed by atoms with E-state index in [1.807, 2.05) is 36.4 Å². The predicted molar refractivity (Wildman–Crippen MR) is 109 cm³/mol. The van der Waals surface area contributed by atoms with Crippen LogP contribution in [0.15, 0.2) is 72.0 Å². The highest BCUT2D eigenvalue weighted by atomic mass is 16.7. The molecule has 0 aliphatic carbocycles. The molecule has 3 heterocycles. The smallest absolute Gasteiger partial charge is 0.343 e. The summed E-state index contributed by atoms with van der Waals surface area (Å²) in [4.78, 5) is 43.0. The molecule has 9 heteroatoms. The van der Waals surface area contributed by atoms with Crippen LogP contribution in [-0.4, -0.2) is 30.8 Å². The van der Waals surface area contributed by atoms with Crippen molar-refractivity contribution in [3.8, 4) is 0 Å². The molecule has 4 aromatic rings. The molecule has 0 radical (unpaired) electrons. The quantitative estimate of drug-likeness (QED) is 0.482. The monoisotopic (exact) mass is 403 g/mol. The molecule has 0 saturated carbocycles. The van der Waals surface area contributed by atoms with Crippen LogP contribution in [0.1, 0.15) is 21.6 Å². The van der Waals surface area contributed by atoms with Crippen molar-refractivity contribution in [1.82, 2.24) is 19.7 Å². The van der Waals surface area contributed by atoms with Crippen LogP contribution in [-0.2, 0) is 13.2 Å². The maximum Gasteiger partial charge on any atom is 0.343 e. The Morgan fingerprint density at radius 2 is 1.90 bits per heavy atom. The van der Waals surface area contributed by atoms with Crippen LogP contribution >= 0.6 is 0 Å². The molecule has 2 N–H and O–H groups in total. The molecule has 0 fully saturated rings. The van der Waals surface area contributed by atoms with Gasteiger partial charge in [0, 0.05) is 12.4 Å². The second-order valence-corrected chi connectivity index (χ2v) is 6.35. The van der Waals surface area contributed by atoms with Gasteiger partial charge in [-0.15, -0.1) is 4.73 Å². The second kappa shape index (κ2) is 8.39. The van der Waals surface area contributed by atoms with E-state index in [-0.39, 0.29) is 24.5 Å². The maximum atomic E-state index is 13.0. The Balaban J connectivity index is 1.79. The van der Waals surface area contributed by atoms with Crippen molar-refractivity contribution in [2.24, 2.45) is 0 Å². The van der Waals surface area contributed by atoms with Gasteiger partial charge in [-0.05, 0) is 17.7 Å². The van der Waals surface area contributed by atoms with E-state index in [0.29, 0.717) is 11.1 Å². The molecule has 150 valence electrons. The van der Waals surface area contributed by atoms with Gasteiger partial charge >= 0.3 is 11.5 Å². The first-order chi connectivity index (χ1) is 14.6. The number of nitrogens with one attached hydrogen (secondary N) is 1. The van der Waals surface area contributed by atoms with Crippen LogP contribution in [0.4, 0.5) is 5.69 Å². The lowest BCUT2D eigenvalue weighted by atomic mass is 10.1. The van der Waals surface area contributed by atoms with Gasteiger partial charge in [0.2, 0.25) is 0 Å². The summed E-state index contributed by atoms with van der Waals surface area (Å²) < 4.78 is 0.902. The predicted octanol–water partition coefficient (Wildman–Crippen LogP) is 2.13. The Morgan fingerprint density at radius 3 is 2.63 bits per heavy atom. The Morgan fingerprint density at radius 1 is 1.10 bits per heavy atom. The van der Waals surface area contributed by atoms with Crippen molar-refractivity contribution in [1.29, 1.82) is 0 Å². The lowest BCUT2D eigenvalue weighted by Crippen LogP contribution is -2.33. The highest BCUT2D eigenvalue weighted by Gasteiger charge is 2.24. The van der Waals surface area contributed by atoms with E-state index in [9.17, 15) is 14.7 Å². The van der Waals surface area contributed by atoms with Gasteiger partial charge in [-0.3, -0.25) is 9.78 Å².